The fourth-order valence-electron chi connectivity index (χ4n) is 2.16. The molecule has 1 aromatic heterocycles. The molecule has 0 aliphatic heterocycles. The monoisotopic (exact) mass is 289 g/mol. The van der Waals surface area contributed by atoms with Crippen molar-refractivity contribution in [2.75, 3.05) is 31.7 Å². The van der Waals surface area contributed by atoms with Gasteiger partial charge < -0.3 is 15.4 Å². The van der Waals surface area contributed by atoms with Gasteiger partial charge >= 0.3 is 0 Å². The van der Waals surface area contributed by atoms with E-state index in [1.807, 2.05) is 30.3 Å². The first-order valence-corrected chi connectivity index (χ1v) is 7.01. The first-order chi connectivity index (χ1) is 9.67. The van der Waals surface area contributed by atoms with Crippen LogP contribution in [0.3, 0.4) is 0 Å². The molecule has 0 aliphatic carbocycles. The Labute approximate surface area is 124 Å². The van der Waals surface area contributed by atoms with E-state index in [2.05, 4.69) is 11.8 Å². The summed E-state index contributed by atoms with van der Waals surface area (Å²) < 4.78 is 5.14. The minimum atomic E-state index is 0.396. The van der Waals surface area contributed by atoms with E-state index >= 15 is 0 Å². The third-order valence-electron chi connectivity index (χ3n) is 3.24. The lowest BCUT2D eigenvalue weighted by Crippen LogP contribution is -2.28. The van der Waals surface area contributed by atoms with E-state index in [0.717, 1.165) is 35.4 Å². The Morgan fingerprint density at radius 3 is 2.80 bits per heavy atom. The summed E-state index contributed by atoms with van der Waals surface area (Å²) in [7, 11) is 1.70. The van der Waals surface area contributed by atoms with Crippen LogP contribution in [0.2, 0.25) is 0 Å². The summed E-state index contributed by atoms with van der Waals surface area (Å²) in [6, 6.07) is 9.86. The van der Waals surface area contributed by atoms with Crippen molar-refractivity contribution in [2.45, 2.75) is 6.92 Å². The zero-order chi connectivity index (χ0) is 14.5. The number of pyridine rings is 1. The Balaban J connectivity index is 2.51. The second-order valence-electron chi connectivity index (χ2n) is 4.48. The summed E-state index contributed by atoms with van der Waals surface area (Å²) in [5.41, 5.74) is 7.63. The highest BCUT2D eigenvalue weighted by molar-refractivity contribution is 7.80. The van der Waals surface area contributed by atoms with Gasteiger partial charge in [-0.25, -0.2) is 4.98 Å². The maximum absolute atomic E-state index is 5.85. The summed E-state index contributed by atoms with van der Waals surface area (Å²) in [6.07, 6.45) is 0. The largest absolute Gasteiger partial charge is 0.389 e. The fraction of sp³-hybridized carbons (Fsp3) is 0.333. The van der Waals surface area contributed by atoms with Gasteiger partial charge in [-0.15, -0.1) is 0 Å². The van der Waals surface area contributed by atoms with Crippen LogP contribution in [0.5, 0.6) is 0 Å². The molecule has 20 heavy (non-hydrogen) atoms. The minimum Gasteiger partial charge on any atom is -0.389 e. The molecule has 0 saturated heterocycles. The summed E-state index contributed by atoms with van der Waals surface area (Å²) in [4.78, 5) is 7.24. The molecule has 0 amide bonds. The van der Waals surface area contributed by atoms with Crippen LogP contribution in [0.4, 0.5) is 5.82 Å². The molecule has 0 bridgehead atoms. The number of fused-ring (bicyclic) bond motifs is 1. The van der Waals surface area contributed by atoms with Crippen molar-refractivity contribution in [1.29, 1.82) is 0 Å². The lowest BCUT2D eigenvalue weighted by atomic mass is 10.1. The third-order valence-corrected chi connectivity index (χ3v) is 3.46. The first kappa shape index (κ1) is 14.7. The van der Waals surface area contributed by atoms with E-state index in [9.17, 15) is 0 Å². The number of para-hydroxylation sites is 1. The molecule has 1 aromatic carbocycles. The van der Waals surface area contributed by atoms with Crippen LogP contribution in [0.1, 0.15) is 12.5 Å². The first-order valence-electron chi connectivity index (χ1n) is 6.60. The van der Waals surface area contributed by atoms with Crippen LogP contribution in [0, 0.1) is 0 Å². The van der Waals surface area contributed by atoms with E-state index in [0.29, 0.717) is 11.6 Å². The standard InChI is InChI=1S/C15H19N3OS/c1-3-18(8-9-19-2)14-10-12(15(16)20)11-6-4-5-7-13(11)17-14/h4-7,10H,3,8-9H2,1-2H3,(H2,16,20). The van der Waals surface area contributed by atoms with Gasteiger partial charge in [-0.2, -0.15) is 0 Å². The Morgan fingerprint density at radius 1 is 1.40 bits per heavy atom. The van der Waals surface area contributed by atoms with Gasteiger partial charge in [0.1, 0.15) is 10.8 Å². The van der Waals surface area contributed by atoms with Gasteiger partial charge in [0.05, 0.1) is 12.1 Å². The van der Waals surface area contributed by atoms with Crippen molar-refractivity contribution in [3.63, 3.8) is 0 Å². The lowest BCUT2D eigenvalue weighted by Gasteiger charge is -2.22. The van der Waals surface area contributed by atoms with Crippen LogP contribution >= 0.6 is 12.2 Å². The number of ether oxygens (including phenoxy) is 1. The molecule has 0 spiro atoms. The highest BCUT2D eigenvalue weighted by atomic mass is 32.1. The second kappa shape index (κ2) is 6.63. The molecule has 1 heterocycles. The van der Waals surface area contributed by atoms with E-state index in [4.69, 9.17) is 27.7 Å². The predicted molar refractivity (Wildman–Crippen MR) is 87.4 cm³/mol. The highest BCUT2D eigenvalue weighted by Gasteiger charge is 2.11. The molecule has 0 unspecified atom stereocenters. The van der Waals surface area contributed by atoms with Crippen molar-refractivity contribution in [1.82, 2.24) is 4.98 Å². The van der Waals surface area contributed by atoms with Gasteiger partial charge in [-0.05, 0) is 19.1 Å². The average Bonchev–Trinajstić information content (AvgIpc) is 2.47. The molecule has 0 saturated carbocycles. The summed E-state index contributed by atoms with van der Waals surface area (Å²) in [6.45, 7) is 4.39. The molecule has 106 valence electrons. The van der Waals surface area contributed by atoms with Gasteiger partial charge in [-0.3, -0.25) is 0 Å². The highest BCUT2D eigenvalue weighted by Crippen LogP contribution is 2.23. The Bertz CT molecular complexity index is 615. The zero-order valence-corrected chi connectivity index (χ0v) is 12.6. The lowest BCUT2D eigenvalue weighted by molar-refractivity contribution is 0.205. The maximum atomic E-state index is 5.85. The van der Waals surface area contributed by atoms with Gasteiger partial charge in [-0.1, -0.05) is 30.4 Å². The number of rotatable bonds is 6. The quantitative estimate of drug-likeness (QED) is 0.827. The molecule has 2 aromatic rings. The zero-order valence-electron chi connectivity index (χ0n) is 11.8. The van der Waals surface area contributed by atoms with E-state index in [1.54, 1.807) is 7.11 Å². The van der Waals surface area contributed by atoms with Gasteiger partial charge in [0.25, 0.3) is 0 Å². The molecule has 2 rings (SSSR count). The number of aromatic nitrogens is 1. The van der Waals surface area contributed by atoms with Crippen LogP contribution in [0.25, 0.3) is 10.9 Å². The number of nitrogens with two attached hydrogens (primary N) is 1. The topological polar surface area (TPSA) is 51.4 Å². The van der Waals surface area contributed by atoms with Crippen molar-refractivity contribution >= 4 is 33.9 Å². The summed E-state index contributed by atoms with van der Waals surface area (Å²) >= 11 is 5.17. The van der Waals surface area contributed by atoms with E-state index < -0.39 is 0 Å². The van der Waals surface area contributed by atoms with Crippen LogP contribution in [-0.2, 0) is 4.74 Å². The molecule has 2 N–H and O–H groups in total. The molecule has 4 nitrogen and oxygen atoms in total. The number of nitrogens with zero attached hydrogens (tertiary/aromatic N) is 2. The molecular weight excluding hydrogens is 270 g/mol. The number of anilines is 1. The third kappa shape index (κ3) is 3.05. The number of methoxy groups -OCH3 is 1. The minimum absolute atomic E-state index is 0.396. The molecule has 0 radical (unpaired) electrons. The average molecular weight is 289 g/mol. The Kier molecular flexibility index (Phi) is 4.87. The summed E-state index contributed by atoms with van der Waals surface area (Å²) in [5.74, 6) is 0.881. The van der Waals surface area contributed by atoms with Crippen molar-refractivity contribution < 1.29 is 4.74 Å². The number of thiocarbonyl (C=S) groups is 1. The Hall–Kier alpha value is -1.72. The van der Waals surface area contributed by atoms with Crippen LogP contribution in [0.15, 0.2) is 30.3 Å². The molecule has 0 fully saturated rings. The second-order valence-corrected chi connectivity index (χ2v) is 4.92. The maximum Gasteiger partial charge on any atom is 0.130 e. The summed E-state index contributed by atoms with van der Waals surface area (Å²) in [5, 5.41) is 0.992. The molecule has 0 atom stereocenters. The normalized spacial score (nSPS) is 10.7. The van der Waals surface area contributed by atoms with Gasteiger partial charge in [0.2, 0.25) is 0 Å². The van der Waals surface area contributed by atoms with E-state index in [-0.39, 0.29) is 0 Å². The van der Waals surface area contributed by atoms with Crippen molar-refractivity contribution in [3.05, 3.63) is 35.9 Å². The number of hydrogen-bond donors (Lipinski definition) is 1. The van der Waals surface area contributed by atoms with E-state index in [1.165, 1.54) is 0 Å². The molecular formula is C15H19N3OS. The van der Waals surface area contributed by atoms with Crippen molar-refractivity contribution in [3.8, 4) is 0 Å². The van der Waals surface area contributed by atoms with Crippen LogP contribution < -0.4 is 10.6 Å². The smallest absolute Gasteiger partial charge is 0.130 e. The fourth-order valence-corrected chi connectivity index (χ4v) is 2.33. The predicted octanol–water partition coefficient (Wildman–Crippen LogP) is 2.34. The van der Waals surface area contributed by atoms with Crippen LogP contribution in [-0.4, -0.2) is 36.8 Å². The molecule has 5 heteroatoms. The molecule has 0 aliphatic rings. The Morgan fingerprint density at radius 2 is 2.15 bits per heavy atom. The van der Waals surface area contributed by atoms with Crippen molar-refractivity contribution in [2.24, 2.45) is 5.73 Å². The van der Waals surface area contributed by atoms with Gasteiger partial charge in [0.15, 0.2) is 0 Å². The SMILES string of the molecule is CCN(CCOC)c1cc(C(N)=S)c2ccccc2n1. The number of hydrogen-bond acceptors (Lipinski definition) is 4. The number of likely N-dealkylation sites (N-methyl/N-ethyl adjacent to an activating group) is 1. The van der Waals surface area contributed by atoms with Gasteiger partial charge in [0, 0.05) is 31.1 Å². The number of benzene rings is 1.